The highest BCUT2D eigenvalue weighted by molar-refractivity contribution is 6.31. The standard InChI is InChI=1S/C15H13ClN4/c1-8-2-3-9(6-12(8)17)14-11-7-10(16)4-5-13(11)19-15(18)20-14/h2-7H,17H2,1H3,(H2,18,19,20). The van der Waals surface area contributed by atoms with Crippen LogP contribution in [0.5, 0.6) is 0 Å². The molecule has 0 aliphatic heterocycles. The smallest absolute Gasteiger partial charge is 0.221 e. The molecule has 0 saturated heterocycles. The van der Waals surface area contributed by atoms with Crippen molar-refractivity contribution in [1.29, 1.82) is 0 Å². The van der Waals surface area contributed by atoms with Crippen LogP contribution in [0.1, 0.15) is 5.56 Å². The van der Waals surface area contributed by atoms with Crippen molar-refractivity contribution in [2.45, 2.75) is 6.92 Å². The van der Waals surface area contributed by atoms with Crippen LogP contribution < -0.4 is 11.5 Å². The molecule has 0 aliphatic carbocycles. The molecule has 0 aliphatic rings. The van der Waals surface area contributed by atoms with Crippen molar-refractivity contribution >= 4 is 34.1 Å². The summed E-state index contributed by atoms with van der Waals surface area (Å²) in [5.74, 6) is 0.231. The van der Waals surface area contributed by atoms with Gasteiger partial charge in [-0.15, -0.1) is 0 Å². The van der Waals surface area contributed by atoms with E-state index in [1.165, 1.54) is 0 Å². The van der Waals surface area contributed by atoms with Crippen LogP contribution in [0.4, 0.5) is 11.6 Å². The molecule has 0 radical (unpaired) electrons. The highest BCUT2D eigenvalue weighted by Crippen LogP contribution is 2.30. The van der Waals surface area contributed by atoms with Gasteiger partial charge in [0.25, 0.3) is 0 Å². The van der Waals surface area contributed by atoms with Crippen molar-refractivity contribution in [2.75, 3.05) is 11.5 Å². The van der Waals surface area contributed by atoms with Gasteiger partial charge in [0.15, 0.2) is 0 Å². The maximum absolute atomic E-state index is 6.06. The highest BCUT2D eigenvalue weighted by atomic mass is 35.5. The summed E-state index contributed by atoms with van der Waals surface area (Å²) >= 11 is 6.06. The van der Waals surface area contributed by atoms with E-state index in [4.69, 9.17) is 23.1 Å². The first-order valence-electron chi connectivity index (χ1n) is 6.14. The Morgan fingerprint density at radius 2 is 1.80 bits per heavy atom. The zero-order chi connectivity index (χ0) is 14.3. The van der Waals surface area contributed by atoms with Crippen molar-refractivity contribution in [1.82, 2.24) is 9.97 Å². The molecule has 5 heteroatoms. The third kappa shape index (κ3) is 2.14. The Morgan fingerprint density at radius 1 is 1.00 bits per heavy atom. The molecule has 0 bridgehead atoms. The number of rotatable bonds is 1. The zero-order valence-electron chi connectivity index (χ0n) is 10.9. The summed E-state index contributed by atoms with van der Waals surface area (Å²) in [5.41, 5.74) is 15.9. The van der Waals surface area contributed by atoms with Gasteiger partial charge in [-0.25, -0.2) is 9.97 Å². The van der Waals surface area contributed by atoms with Crippen LogP contribution >= 0.6 is 11.6 Å². The number of halogens is 1. The lowest BCUT2D eigenvalue weighted by Gasteiger charge is -2.09. The van der Waals surface area contributed by atoms with Crippen LogP contribution in [0.25, 0.3) is 22.2 Å². The number of nitrogens with two attached hydrogens (primary N) is 2. The quantitative estimate of drug-likeness (QED) is 0.671. The monoisotopic (exact) mass is 284 g/mol. The second-order valence-corrected chi connectivity index (χ2v) is 5.10. The maximum atomic E-state index is 6.06. The summed E-state index contributed by atoms with van der Waals surface area (Å²) in [6.07, 6.45) is 0. The largest absolute Gasteiger partial charge is 0.398 e. The van der Waals surface area contributed by atoms with Crippen LogP contribution in [0.15, 0.2) is 36.4 Å². The molecular formula is C15H13ClN4. The molecule has 0 saturated carbocycles. The summed E-state index contributed by atoms with van der Waals surface area (Å²) < 4.78 is 0. The molecule has 0 spiro atoms. The molecule has 0 fully saturated rings. The molecule has 20 heavy (non-hydrogen) atoms. The first kappa shape index (κ1) is 12.7. The third-order valence-corrected chi connectivity index (χ3v) is 3.46. The van der Waals surface area contributed by atoms with Crippen LogP contribution in [0.2, 0.25) is 5.02 Å². The Morgan fingerprint density at radius 3 is 2.55 bits per heavy atom. The van der Waals surface area contributed by atoms with Gasteiger partial charge in [-0.1, -0.05) is 23.7 Å². The van der Waals surface area contributed by atoms with Crippen molar-refractivity contribution in [3.05, 3.63) is 47.0 Å². The van der Waals surface area contributed by atoms with Crippen LogP contribution in [-0.2, 0) is 0 Å². The number of aryl methyl sites for hydroxylation is 1. The van der Waals surface area contributed by atoms with Crippen molar-refractivity contribution in [2.24, 2.45) is 0 Å². The van der Waals surface area contributed by atoms with Crippen LogP contribution in [-0.4, -0.2) is 9.97 Å². The third-order valence-electron chi connectivity index (χ3n) is 3.23. The van der Waals surface area contributed by atoms with Gasteiger partial charge in [-0.2, -0.15) is 0 Å². The van der Waals surface area contributed by atoms with Gasteiger partial charge in [0.2, 0.25) is 5.95 Å². The molecule has 1 heterocycles. The Hall–Kier alpha value is -2.33. The maximum Gasteiger partial charge on any atom is 0.221 e. The summed E-state index contributed by atoms with van der Waals surface area (Å²) in [5, 5.41) is 1.49. The minimum absolute atomic E-state index is 0.231. The minimum atomic E-state index is 0.231. The van der Waals surface area contributed by atoms with E-state index in [9.17, 15) is 0 Å². The van der Waals surface area contributed by atoms with Gasteiger partial charge in [-0.3, -0.25) is 0 Å². The number of nitrogens with zero attached hydrogens (tertiary/aromatic N) is 2. The number of fused-ring (bicyclic) bond motifs is 1. The SMILES string of the molecule is Cc1ccc(-c2nc(N)nc3ccc(Cl)cc23)cc1N. The number of anilines is 2. The molecule has 0 atom stereocenters. The number of hydrogen-bond donors (Lipinski definition) is 2. The van der Waals surface area contributed by atoms with Gasteiger partial charge in [0, 0.05) is 21.7 Å². The molecule has 2 aromatic carbocycles. The lowest BCUT2D eigenvalue weighted by molar-refractivity contribution is 1.24. The number of hydrogen-bond acceptors (Lipinski definition) is 4. The Balaban J connectivity index is 2.33. The fraction of sp³-hybridized carbons (Fsp3) is 0.0667. The molecule has 4 N–H and O–H groups in total. The second-order valence-electron chi connectivity index (χ2n) is 4.66. The van der Waals surface area contributed by atoms with Gasteiger partial charge < -0.3 is 11.5 Å². The molecule has 3 rings (SSSR count). The second kappa shape index (κ2) is 4.65. The van der Waals surface area contributed by atoms with Gasteiger partial charge in [-0.05, 0) is 36.8 Å². The first-order valence-corrected chi connectivity index (χ1v) is 6.51. The van der Waals surface area contributed by atoms with E-state index in [0.717, 1.165) is 33.4 Å². The topological polar surface area (TPSA) is 77.8 Å². The predicted molar refractivity (Wildman–Crippen MR) is 83.5 cm³/mol. The molecule has 4 nitrogen and oxygen atoms in total. The Kier molecular flexibility index (Phi) is 2.95. The number of nitrogen functional groups attached to an aromatic ring is 2. The van der Waals surface area contributed by atoms with E-state index < -0.39 is 0 Å². The highest BCUT2D eigenvalue weighted by Gasteiger charge is 2.10. The lowest BCUT2D eigenvalue weighted by Crippen LogP contribution is -1.99. The van der Waals surface area contributed by atoms with E-state index in [1.54, 1.807) is 6.07 Å². The van der Waals surface area contributed by atoms with Gasteiger partial charge >= 0.3 is 0 Å². The van der Waals surface area contributed by atoms with Crippen LogP contribution in [0, 0.1) is 6.92 Å². The average molecular weight is 285 g/mol. The van der Waals surface area contributed by atoms with Crippen LogP contribution in [0.3, 0.4) is 0 Å². The van der Waals surface area contributed by atoms with E-state index in [1.807, 2.05) is 37.3 Å². The first-order chi connectivity index (χ1) is 9.54. The number of aromatic nitrogens is 2. The van der Waals surface area contributed by atoms with Gasteiger partial charge in [0.05, 0.1) is 11.2 Å². The van der Waals surface area contributed by atoms with Crippen molar-refractivity contribution in [3.8, 4) is 11.3 Å². The fourth-order valence-electron chi connectivity index (χ4n) is 2.13. The van der Waals surface area contributed by atoms with E-state index in [-0.39, 0.29) is 5.95 Å². The Labute approximate surface area is 121 Å². The molecular weight excluding hydrogens is 272 g/mol. The predicted octanol–water partition coefficient (Wildman–Crippen LogP) is 3.42. The summed E-state index contributed by atoms with van der Waals surface area (Å²) in [6, 6.07) is 11.3. The summed E-state index contributed by atoms with van der Waals surface area (Å²) in [6.45, 7) is 1.96. The van der Waals surface area contributed by atoms with E-state index >= 15 is 0 Å². The van der Waals surface area contributed by atoms with Gasteiger partial charge in [0.1, 0.15) is 0 Å². The molecule has 100 valence electrons. The van der Waals surface area contributed by atoms with Crippen molar-refractivity contribution in [3.63, 3.8) is 0 Å². The molecule has 0 amide bonds. The lowest BCUT2D eigenvalue weighted by atomic mass is 10.0. The zero-order valence-corrected chi connectivity index (χ0v) is 11.6. The number of benzene rings is 2. The van der Waals surface area contributed by atoms with Crippen molar-refractivity contribution < 1.29 is 0 Å². The molecule has 0 unspecified atom stereocenters. The summed E-state index contributed by atoms with van der Waals surface area (Å²) in [4.78, 5) is 8.56. The molecule has 3 aromatic rings. The average Bonchev–Trinajstić information content (AvgIpc) is 2.41. The van der Waals surface area contributed by atoms with E-state index in [2.05, 4.69) is 9.97 Å². The Bertz CT molecular complexity index is 814. The van der Waals surface area contributed by atoms with E-state index in [0.29, 0.717) is 5.02 Å². The normalized spacial score (nSPS) is 10.9. The minimum Gasteiger partial charge on any atom is -0.398 e. The fourth-order valence-corrected chi connectivity index (χ4v) is 2.30. The summed E-state index contributed by atoms with van der Waals surface area (Å²) in [7, 11) is 0. The molecule has 1 aromatic heterocycles.